The van der Waals surface area contributed by atoms with Gasteiger partial charge in [0.15, 0.2) is 0 Å². The van der Waals surface area contributed by atoms with E-state index in [4.69, 9.17) is 0 Å². The molecule has 1 aliphatic carbocycles. The van der Waals surface area contributed by atoms with Gasteiger partial charge in [-0.2, -0.15) is 26.3 Å². The molecule has 0 saturated heterocycles. The van der Waals surface area contributed by atoms with Gasteiger partial charge in [0.25, 0.3) is 0 Å². The van der Waals surface area contributed by atoms with Crippen LogP contribution in [0.15, 0.2) is 24.3 Å². The van der Waals surface area contributed by atoms with Crippen molar-refractivity contribution >= 4 is 0 Å². The van der Waals surface area contributed by atoms with Crippen molar-refractivity contribution in [3.63, 3.8) is 0 Å². The lowest BCUT2D eigenvalue weighted by Crippen LogP contribution is -2.11. The van der Waals surface area contributed by atoms with E-state index in [0.29, 0.717) is 36.2 Å². The van der Waals surface area contributed by atoms with Crippen LogP contribution in [0.25, 0.3) is 11.3 Å². The fourth-order valence-corrected chi connectivity index (χ4v) is 2.99. The summed E-state index contributed by atoms with van der Waals surface area (Å²) in [6, 6.07) is 2.82. The summed E-state index contributed by atoms with van der Waals surface area (Å²) in [7, 11) is 0. The summed E-state index contributed by atoms with van der Waals surface area (Å²) in [5.74, 6) is 0. The number of hydrogen-bond acceptors (Lipinski definition) is 2. The lowest BCUT2D eigenvalue weighted by atomic mass is 9.99. The number of halogens is 6. The van der Waals surface area contributed by atoms with Crippen molar-refractivity contribution in [2.45, 2.75) is 38.2 Å². The van der Waals surface area contributed by atoms with E-state index in [9.17, 15) is 31.4 Å². The smallest absolute Gasteiger partial charge is 0.387 e. The number of hydrogen-bond donors (Lipinski definition) is 1. The Labute approximate surface area is 139 Å². The van der Waals surface area contributed by atoms with Crippen molar-refractivity contribution in [2.75, 3.05) is 0 Å². The number of aliphatic hydroxyl groups excluding tert-OH is 1. The quantitative estimate of drug-likeness (QED) is 0.719. The van der Waals surface area contributed by atoms with E-state index in [1.165, 1.54) is 6.07 Å². The molecule has 1 aromatic carbocycles. The molecular weight excluding hydrogens is 348 g/mol. The number of alkyl halides is 6. The van der Waals surface area contributed by atoms with Crippen molar-refractivity contribution in [2.24, 2.45) is 0 Å². The number of pyridine rings is 1. The minimum Gasteiger partial charge on any atom is -0.387 e. The third-order valence-electron chi connectivity index (χ3n) is 4.25. The summed E-state index contributed by atoms with van der Waals surface area (Å²) < 4.78 is 77.9. The van der Waals surface area contributed by atoms with Crippen LogP contribution in [0.4, 0.5) is 26.3 Å². The largest absolute Gasteiger partial charge is 0.416 e. The minimum atomic E-state index is -4.92. The highest BCUT2D eigenvalue weighted by molar-refractivity contribution is 5.64. The predicted molar refractivity (Wildman–Crippen MR) is 77.7 cm³/mol. The van der Waals surface area contributed by atoms with Crippen LogP contribution < -0.4 is 0 Å². The molecule has 2 nitrogen and oxygen atoms in total. The van der Waals surface area contributed by atoms with Crippen molar-refractivity contribution < 1.29 is 31.4 Å². The van der Waals surface area contributed by atoms with Gasteiger partial charge in [-0.3, -0.25) is 0 Å². The Balaban J connectivity index is 2.21. The summed E-state index contributed by atoms with van der Waals surface area (Å²) in [5, 5.41) is 9.92. The zero-order valence-electron chi connectivity index (χ0n) is 13.0. The monoisotopic (exact) mass is 361 g/mol. The molecule has 8 heteroatoms. The van der Waals surface area contributed by atoms with Gasteiger partial charge >= 0.3 is 12.4 Å². The summed E-state index contributed by atoms with van der Waals surface area (Å²) in [5.41, 5.74) is -1.29. The first-order valence-electron chi connectivity index (χ1n) is 7.45. The molecule has 0 aliphatic heterocycles. The standard InChI is InChI=1S/C17H13F6NO/c1-8-4-13(24-15-12(8)2-3-14(15)25)9-5-10(16(18,19)20)7-11(6-9)17(21,22)23/h4-7,14,25H,2-3H2,1H3/t14-/m1/s1. The molecule has 0 fully saturated rings. The second-order valence-electron chi connectivity index (χ2n) is 6.04. The van der Waals surface area contributed by atoms with Crippen molar-refractivity contribution in [1.82, 2.24) is 4.98 Å². The van der Waals surface area contributed by atoms with Crippen LogP contribution in [0, 0.1) is 6.92 Å². The van der Waals surface area contributed by atoms with Gasteiger partial charge in [-0.25, -0.2) is 4.98 Å². The third kappa shape index (κ3) is 3.35. The lowest BCUT2D eigenvalue weighted by molar-refractivity contribution is -0.143. The molecule has 0 unspecified atom stereocenters. The van der Waals surface area contributed by atoms with E-state index in [1.54, 1.807) is 6.92 Å². The van der Waals surface area contributed by atoms with Crippen LogP contribution in [0.1, 0.15) is 40.5 Å². The first-order valence-corrected chi connectivity index (χ1v) is 7.45. The molecule has 25 heavy (non-hydrogen) atoms. The summed E-state index contributed by atoms with van der Waals surface area (Å²) in [6.45, 7) is 1.69. The minimum absolute atomic E-state index is 0.0196. The third-order valence-corrected chi connectivity index (χ3v) is 4.25. The molecule has 0 radical (unpaired) electrons. The molecule has 1 aromatic heterocycles. The zero-order chi connectivity index (χ0) is 18.6. The maximum Gasteiger partial charge on any atom is 0.416 e. The Kier molecular flexibility index (Phi) is 4.06. The fraction of sp³-hybridized carbons (Fsp3) is 0.353. The SMILES string of the molecule is Cc1cc(-c2cc(C(F)(F)F)cc(C(F)(F)F)c2)nc2c1CC[C@H]2O. The highest BCUT2D eigenvalue weighted by Gasteiger charge is 2.37. The van der Waals surface area contributed by atoms with Crippen LogP contribution in [-0.2, 0) is 18.8 Å². The zero-order valence-corrected chi connectivity index (χ0v) is 13.0. The molecule has 1 N–H and O–H groups in total. The number of aryl methyl sites for hydroxylation is 1. The number of aromatic nitrogens is 1. The van der Waals surface area contributed by atoms with E-state index in [-0.39, 0.29) is 17.3 Å². The number of fused-ring (bicyclic) bond motifs is 1. The molecule has 3 rings (SSSR count). The summed E-state index contributed by atoms with van der Waals surface area (Å²) in [4.78, 5) is 4.13. The number of rotatable bonds is 1. The summed E-state index contributed by atoms with van der Waals surface area (Å²) >= 11 is 0. The number of nitrogens with zero attached hydrogens (tertiary/aromatic N) is 1. The second kappa shape index (κ2) is 5.72. The van der Waals surface area contributed by atoms with Crippen LogP contribution >= 0.6 is 0 Å². The van der Waals surface area contributed by atoms with Crippen molar-refractivity contribution in [3.8, 4) is 11.3 Å². The summed E-state index contributed by atoms with van der Waals surface area (Å²) in [6.07, 6.45) is -9.68. The van der Waals surface area contributed by atoms with Crippen LogP contribution in [0.5, 0.6) is 0 Å². The predicted octanol–water partition coefficient (Wildman–Crippen LogP) is 5.07. The highest BCUT2D eigenvalue weighted by Crippen LogP contribution is 2.40. The highest BCUT2D eigenvalue weighted by atomic mass is 19.4. The van der Waals surface area contributed by atoms with Gasteiger partial charge in [-0.15, -0.1) is 0 Å². The van der Waals surface area contributed by atoms with Gasteiger partial charge in [-0.1, -0.05) is 0 Å². The average molecular weight is 361 g/mol. The molecule has 2 aromatic rings. The van der Waals surface area contributed by atoms with E-state index >= 15 is 0 Å². The van der Waals surface area contributed by atoms with Gasteiger partial charge in [0.1, 0.15) is 0 Å². The molecule has 1 atom stereocenters. The van der Waals surface area contributed by atoms with Crippen molar-refractivity contribution in [1.29, 1.82) is 0 Å². The number of aliphatic hydroxyl groups is 1. The van der Waals surface area contributed by atoms with Gasteiger partial charge in [0.05, 0.1) is 28.6 Å². The van der Waals surface area contributed by atoms with E-state index in [2.05, 4.69) is 4.98 Å². The molecule has 0 spiro atoms. The Morgan fingerprint density at radius 2 is 1.52 bits per heavy atom. The van der Waals surface area contributed by atoms with Crippen LogP contribution in [-0.4, -0.2) is 10.1 Å². The maximum atomic E-state index is 13.0. The van der Waals surface area contributed by atoms with E-state index in [0.717, 1.165) is 5.56 Å². The van der Waals surface area contributed by atoms with Gasteiger partial charge in [-0.05, 0) is 55.2 Å². The number of benzene rings is 1. The lowest BCUT2D eigenvalue weighted by Gasteiger charge is -2.15. The molecule has 0 saturated carbocycles. The second-order valence-corrected chi connectivity index (χ2v) is 6.04. The van der Waals surface area contributed by atoms with Crippen LogP contribution in [0.2, 0.25) is 0 Å². The maximum absolute atomic E-state index is 13.0. The average Bonchev–Trinajstić information content (AvgIpc) is 2.87. The Morgan fingerprint density at radius 3 is 2.04 bits per heavy atom. The van der Waals surface area contributed by atoms with Gasteiger partial charge in [0.2, 0.25) is 0 Å². The normalized spacial score (nSPS) is 17.7. The van der Waals surface area contributed by atoms with E-state index < -0.39 is 29.6 Å². The molecular formula is C17H13F6NO. The Morgan fingerprint density at radius 1 is 0.960 bits per heavy atom. The Bertz CT molecular complexity index is 793. The first-order chi connectivity index (χ1) is 11.5. The fourth-order valence-electron chi connectivity index (χ4n) is 2.99. The van der Waals surface area contributed by atoms with Gasteiger partial charge < -0.3 is 5.11 Å². The molecule has 1 aliphatic rings. The Hall–Kier alpha value is -2.09. The topological polar surface area (TPSA) is 33.1 Å². The van der Waals surface area contributed by atoms with Gasteiger partial charge in [0, 0.05) is 5.56 Å². The van der Waals surface area contributed by atoms with E-state index in [1.807, 2.05) is 0 Å². The molecule has 134 valence electrons. The first kappa shape index (κ1) is 17.7. The molecule has 0 bridgehead atoms. The van der Waals surface area contributed by atoms with Crippen molar-refractivity contribution in [3.05, 3.63) is 52.2 Å². The van der Waals surface area contributed by atoms with Crippen LogP contribution in [0.3, 0.4) is 0 Å². The molecule has 0 amide bonds. The molecule has 1 heterocycles.